The number of anilines is 2. The molecule has 0 saturated heterocycles. The van der Waals surface area contributed by atoms with Crippen molar-refractivity contribution in [3.63, 3.8) is 0 Å². The lowest BCUT2D eigenvalue weighted by Crippen LogP contribution is -2.16. The van der Waals surface area contributed by atoms with Crippen molar-refractivity contribution in [2.24, 2.45) is 0 Å². The first-order chi connectivity index (χ1) is 11.2. The van der Waals surface area contributed by atoms with E-state index in [1.165, 1.54) is 18.2 Å². The summed E-state index contributed by atoms with van der Waals surface area (Å²) in [5.74, 6) is -0.0256. The minimum absolute atomic E-state index is 0.0920. The average molecular weight is 334 g/mol. The second kappa shape index (κ2) is 6.54. The molecule has 0 fully saturated rings. The van der Waals surface area contributed by atoms with Crippen LogP contribution in [-0.4, -0.2) is 29.0 Å². The smallest absolute Gasteiger partial charge is 0.368 e. The number of nitrogen functional groups attached to an aromatic ring is 1. The molecule has 0 aliphatic rings. The summed E-state index contributed by atoms with van der Waals surface area (Å²) >= 11 is 0. The fourth-order valence-electron chi connectivity index (χ4n) is 1.88. The van der Waals surface area contributed by atoms with Gasteiger partial charge in [0.2, 0.25) is 11.9 Å². The van der Waals surface area contributed by atoms with Crippen molar-refractivity contribution in [1.82, 2.24) is 15.0 Å². The van der Waals surface area contributed by atoms with E-state index in [0.717, 1.165) is 12.1 Å². The molecule has 0 radical (unpaired) electrons. The summed E-state index contributed by atoms with van der Waals surface area (Å²) in [6.45, 7) is 0. The Morgan fingerprint density at radius 3 is 2.46 bits per heavy atom. The molecule has 2 rings (SSSR count). The molecule has 9 heteroatoms. The van der Waals surface area contributed by atoms with Crippen molar-refractivity contribution < 1.29 is 13.2 Å². The van der Waals surface area contributed by atoms with Crippen LogP contribution >= 0.6 is 0 Å². The minimum Gasteiger partial charge on any atom is -0.368 e. The van der Waals surface area contributed by atoms with E-state index in [4.69, 9.17) is 5.73 Å². The van der Waals surface area contributed by atoms with Crippen LogP contribution in [0.4, 0.5) is 25.1 Å². The van der Waals surface area contributed by atoms with Crippen molar-refractivity contribution in [1.29, 1.82) is 5.26 Å². The molecule has 1 heterocycles. The van der Waals surface area contributed by atoms with E-state index in [2.05, 4.69) is 15.0 Å². The van der Waals surface area contributed by atoms with Gasteiger partial charge in [-0.15, -0.1) is 0 Å². The summed E-state index contributed by atoms with van der Waals surface area (Å²) < 4.78 is 39.2. The number of hydrogen-bond acceptors (Lipinski definition) is 6. The normalized spacial score (nSPS) is 11.9. The zero-order valence-electron chi connectivity index (χ0n) is 12.8. The fraction of sp³-hybridized carbons (Fsp3) is 0.200. The summed E-state index contributed by atoms with van der Waals surface area (Å²) in [5.41, 5.74) is 4.41. The third-order valence-corrected chi connectivity index (χ3v) is 2.97. The predicted molar refractivity (Wildman–Crippen MR) is 83.5 cm³/mol. The molecular formula is C15H13F3N6. The standard InChI is InChI=1S/C15H13F3N6/c1-24(2)14-22-12(21-13(20)23-14)10(8-19)7-9-5-3-4-6-11(9)15(16,17)18/h3-7H,1-2H3,(H2,20,21,22,23). The largest absolute Gasteiger partial charge is 0.416 e. The Hall–Kier alpha value is -3.15. The van der Waals surface area contributed by atoms with Gasteiger partial charge >= 0.3 is 6.18 Å². The monoisotopic (exact) mass is 334 g/mol. The fourth-order valence-corrected chi connectivity index (χ4v) is 1.88. The van der Waals surface area contributed by atoms with E-state index in [1.807, 2.05) is 0 Å². The van der Waals surface area contributed by atoms with E-state index in [1.54, 1.807) is 25.1 Å². The third kappa shape index (κ3) is 3.78. The molecule has 6 nitrogen and oxygen atoms in total. The Morgan fingerprint density at radius 2 is 1.88 bits per heavy atom. The van der Waals surface area contributed by atoms with Gasteiger partial charge in [-0.1, -0.05) is 18.2 Å². The predicted octanol–water partition coefficient (Wildman–Crippen LogP) is 2.60. The maximum atomic E-state index is 13.1. The third-order valence-electron chi connectivity index (χ3n) is 2.97. The number of hydrogen-bond donors (Lipinski definition) is 1. The molecule has 0 aliphatic carbocycles. The quantitative estimate of drug-likeness (QED) is 0.868. The molecule has 1 aromatic carbocycles. The van der Waals surface area contributed by atoms with Gasteiger partial charge in [-0.2, -0.15) is 33.4 Å². The van der Waals surface area contributed by atoms with Gasteiger partial charge in [0.05, 0.1) is 11.1 Å². The molecule has 0 unspecified atom stereocenters. The van der Waals surface area contributed by atoms with E-state index in [9.17, 15) is 18.4 Å². The second-order valence-corrected chi connectivity index (χ2v) is 4.97. The molecule has 0 bridgehead atoms. The lowest BCUT2D eigenvalue weighted by Gasteiger charge is -2.12. The topological polar surface area (TPSA) is 91.7 Å². The van der Waals surface area contributed by atoms with Crippen molar-refractivity contribution in [3.8, 4) is 6.07 Å². The van der Waals surface area contributed by atoms with Crippen LogP contribution in [0.15, 0.2) is 24.3 Å². The van der Waals surface area contributed by atoms with Crippen molar-refractivity contribution >= 4 is 23.5 Å². The number of halogens is 3. The van der Waals surface area contributed by atoms with Crippen LogP contribution in [0.2, 0.25) is 0 Å². The number of benzene rings is 1. The van der Waals surface area contributed by atoms with Gasteiger partial charge in [0.25, 0.3) is 0 Å². The van der Waals surface area contributed by atoms with Gasteiger partial charge in [-0.3, -0.25) is 0 Å². The average Bonchev–Trinajstić information content (AvgIpc) is 2.51. The van der Waals surface area contributed by atoms with E-state index >= 15 is 0 Å². The highest BCUT2D eigenvalue weighted by Crippen LogP contribution is 2.33. The molecule has 24 heavy (non-hydrogen) atoms. The summed E-state index contributed by atoms with van der Waals surface area (Å²) in [5, 5.41) is 9.30. The number of aromatic nitrogens is 3. The van der Waals surface area contributed by atoms with Gasteiger partial charge in [-0.05, 0) is 17.7 Å². The summed E-state index contributed by atoms with van der Waals surface area (Å²) in [7, 11) is 3.32. The summed E-state index contributed by atoms with van der Waals surface area (Å²) in [6.07, 6.45) is -3.46. The number of allylic oxidation sites excluding steroid dienone is 1. The van der Waals surface area contributed by atoms with Gasteiger partial charge < -0.3 is 10.6 Å². The van der Waals surface area contributed by atoms with Crippen LogP contribution < -0.4 is 10.6 Å². The Kier molecular flexibility index (Phi) is 4.69. The zero-order chi connectivity index (χ0) is 17.9. The number of alkyl halides is 3. The Labute approximate surface area is 136 Å². The SMILES string of the molecule is CN(C)c1nc(N)nc(C(C#N)=Cc2ccccc2C(F)(F)F)n1. The number of rotatable bonds is 3. The Morgan fingerprint density at radius 1 is 1.21 bits per heavy atom. The Balaban J connectivity index is 2.59. The van der Waals surface area contributed by atoms with Crippen molar-refractivity contribution in [3.05, 3.63) is 41.2 Å². The van der Waals surface area contributed by atoms with Crippen molar-refractivity contribution in [2.45, 2.75) is 6.18 Å². The molecule has 0 aliphatic heterocycles. The number of nitrogens with two attached hydrogens (primary N) is 1. The molecular weight excluding hydrogens is 321 g/mol. The van der Waals surface area contributed by atoms with Crippen LogP contribution in [-0.2, 0) is 6.18 Å². The molecule has 0 saturated carbocycles. The summed E-state index contributed by atoms with van der Waals surface area (Å²) in [4.78, 5) is 13.3. The highest BCUT2D eigenvalue weighted by atomic mass is 19.4. The second-order valence-electron chi connectivity index (χ2n) is 4.97. The van der Waals surface area contributed by atoms with Crippen LogP contribution in [0.1, 0.15) is 17.0 Å². The molecule has 0 atom stereocenters. The van der Waals surface area contributed by atoms with Gasteiger partial charge in [0.15, 0.2) is 5.82 Å². The molecule has 124 valence electrons. The van der Waals surface area contributed by atoms with Crippen LogP contribution in [0.3, 0.4) is 0 Å². The van der Waals surface area contributed by atoms with Gasteiger partial charge in [0.1, 0.15) is 6.07 Å². The van der Waals surface area contributed by atoms with Crippen LogP contribution in [0.25, 0.3) is 11.6 Å². The van der Waals surface area contributed by atoms with E-state index < -0.39 is 11.7 Å². The van der Waals surface area contributed by atoms with Crippen LogP contribution in [0.5, 0.6) is 0 Å². The lowest BCUT2D eigenvalue weighted by molar-refractivity contribution is -0.137. The first kappa shape index (κ1) is 17.2. The maximum absolute atomic E-state index is 13.1. The highest BCUT2D eigenvalue weighted by molar-refractivity contribution is 5.88. The minimum atomic E-state index is -4.54. The molecule has 2 aromatic rings. The van der Waals surface area contributed by atoms with Gasteiger partial charge in [-0.25, -0.2) is 0 Å². The zero-order valence-corrected chi connectivity index (χ0v) is 12.8. The van der Waals surface area contributed by atoms with E-state index in [0.29, 0.717) is 0 Å². The van der Waals surface area contributed by atoms with E-state index in [-0.39, 0.29) is 28.9 Å². The van der Waals surface area contributed by atoms with Crippen LogP contribution in [0, 0.1) is 11.3 Å². The first-order valence-electron chi connectivity index (χ1n) is 6.69. The first-order valence-corrected chi connectivity index (χ1v) is 6.69. The molecule has 2 N–H and O–H groups in total. The Bertz CT molecular complexity index is 821. The lowest BCUT2D eigenvalue weighted by atomic mass is 10.0. The molecule has 1 aromatic heterocycles. The maximum Gasteiger partial charge on any atom is 0.416 e. The van der Waals surface area contributed by atoms with Crippen molar-refractivity contribution in [2.75, 3.05) is 24.7 Å². The number of nitrogens with zero attached hydrogens (tertiary/aromatic N) is 5. The molecule has 0 spiro atoms. The molecule has 0 amide bonds. The van der Waals surface area contributed by atoms with Gasteiger partial charge in [0, 0.05) is 14.1 Å². The summed E-state index contributed by atoms with van der Waals surface area (Å²) in [6, 6.07) is 6.73. The highest BCUT2D eigenvalue weighted by Gasteiger charge is 2.32. The number of nitriles is 1.